The monoisotopic (exact) mass is 425 g/mol. The molecule has 0 unspecified atom stereocenters. The van der Waals surface area contributed by atoms with Crippen LogP contribution in [-0.4, -0.2) is 40.8 Å². The smallest absolute Gasteiger partial charge is 0.238 e. The van der Waals surface area contributed by atoms with E-state index in [0.29, 0.717) is 17.5 Å². The fourth-order valence-electron chi connectivity index (χ4n) is 2.88. The van der Waals surface area contributed by atoms with E-state index in [0.717, 1.165) is 23.4 Å². The lowest BCUT2D eigenvalue weighted by Gasteiger charge is -2.28. The Hall–Kier alpha value is -2.80. The topological polar surface area (TPSA) is 71.0 Å². The number of hydrogen-bond acceptors (Lipinski definition) is 5. The highest BCUT2D eigenvalue weighted by atomic mass is 32.2. The molecule has 1 aliphatic rings. The van der Waals surface area contributed by atoms with Crippen molar-refractivity contribution >= 4 is 40.1 Å². The number of amides is 2. The van der Waals surface area contributed by atoms with Crippen molar-refractivity contribution in [3.63, 3.8) is 0 Å². The second kappa shape index (κ2) is 9.80. The van der Waals surface area contributed by atoms with E-state index >= 15 is 0 Å². The lowest BCUT2D eigenvalue weighted by atomic mass is 10.1. The number of aryl methyl sites for hydroxylation is 2. The molecule has 3 rings (SSSR count). The van der Waals surface area contributed by atoms with Crippen LogP contribution in [0.25, 0.3) is 0 Å². The van der Waals surface area contributed by atoms with Gasteiger partial charge in [0, 0.05) is 19.2 Å². The molecule has 1 N–H and O–H groups in total. The number of amidine groups is 1. The molecule has 0 aliphatic carbocycles. The van der Waals surface area contributed by atoms with Crippen LogP contribution in [0.15, 0.2) is 47.5 Å². The quantitative estimate of drug-likeness (QED) is 0.729. The largest absolute Gasteiger partial charge is 0.494 e. The van der Waals surface area contributed by atoms with Crippen LogP contribution >= 0.6 is 11.8 Å². The molecule has 1 saturated heterocycles. The van der Waals surface area contributed by atoms with Crippen LogP contribution < -0.4 is 10.1 Å². The van der Waals surface area contributed by atoms with E-state index in [1.54, 1.807) is 19.2 Å². The minimum Gasteiger partial charge on any atom is -0.494 e. The van der Waals surface area contributed by atoms with E-state index in [1.807, 2.05) is 51.1 Å². The summed E-state index contributed by atoms with van der Waals surface area (Å²) >= 11 is 1.31. The van der Waals surface area contributed by atoms with Crippen LogP contribution in [0.5, 0.6) is 5.75 Å². The lowest BCUT2D eigenvalue weighted by molar-refractivity contribution is -0.128. The maximum absolute atomic E-state index is 12.8. The molecule has 2 amide bonds. The fourth-order valence-corrected chi connectivity index (χ4v) is 3.94. The van der Waals surface area contributed by atoms with Gasteiger partial charge in [-0.05, 0) is 67.8 Å². The molecule has 0 saturated carbocycles. The number of ether oxygens (including phenoxy) is 1. The molecule has 2 aromatic carbocycles. The normalized spacial score (nSPS) is 17.9. The average molecular weight is 426 g/mol. The Morgan fingerprint density at radius 3 is 2.60 bits per heavy atom. The third-order valence-electron chi connectivity index (χ3n) is 4.87. The first kappa shape index (κ1) is 21.9. The summed E-state index contributed by atoms with van der Waals surface area (Å²) in [4.78, 5) is 31.4. The zero-order chi connectivity index (χ0) is 21.7. The predicted octanol–water partition coefficient (Wildman–Crippen LogP) is 4.68. The molecule has 30 heavy (non-hydrogen) atoms. The first-order valence-electron chi connectivity index (χ1n) is 10.00. The van der Waals surface area contributed by atoms with Gasteiger partial charge in [-0.1, -0.05) is 24.8 Å². The number of carbonyl (C=O) groups is 2. The molecule has 158 valence electrons. The molecule has 0 bridgehead atoms. The number of aliphatic imine (C=N–C) groups is 1. The van der Waals surface area contributed by atoms with Gasteiger partial charge in [0.05, 0.1) is 12.3 Å². The summed E-state index contributed by atoms with van der Waals surface area (Å²) in [6.45, 7) is 6.77. The van der Waals surface area contributed by atoms with Crippen LogP contribution in [0.4, 0.5) is 11.4 Å². The molecule has 0 spiro atoms. The van der Waals surface area contributed by atoms with Gasteiger partial charge in [-0.2, -0.15) is 0 Å². The molecule has 1 aliphatic heterocycles. The molecule has 0 aromatic heterocycles. The minimum absolute atomic E-state index is 0.125. The van der Waals surface area contributed by atoms with Crippen molar-refractivity contribution in [2.24, 2.45) is 4.99 Å². The lowest BCUT2D eigenvalue weighted by Crippen LogP contribution is -2.43. The van der Waals surface area contributed by atoms with Gasteiger partial charge >= 0.3 is 0 Å². The summed E-state index contributed by atoms with van der Waals surface area (Å²) in [6.07, 6.45) is 1.07. The van der Waals surface area contributed by atoms with Gasteiger partial charge in [-0.3, -0.25) is 14.5 Å². The van der Waals surface area contributed by atoms with E-state index in [-0.39, 0.29) is 18.2 Å². The number of anilines is 1. The highest BCUT2D eigenvalue weighted by Gasteiger charge is 2.34. The number of hydrogen-bond donors (Lipinski definition) is 1. The third-order valence-corrected chi connectivity index (χ3v) is 6.11. The van der Waals surface area contributed by atoms with Crippen molar-refractivity contribution in [2.75, 3.05) is 19.0 Å². The summed E-state index contributed by atoms with van der Waals surface area (Å²) in [6, 6.07) is 13.1. The molecule has 0 radical (unpaired) electrons. The maximum Gasteiger partial charge on any atom is 0.238 e. The molecule has 1 fully saturated rings. The maximum atomic E-state index is 12.8. The van der Waals surface area contributed by atoms with Crippen molar-refractivity contribution in [3.8, 4) is 5.75 Å². The number of nitrogens with one attached hydrogen (secondary N) is 1. The van der Waals surface area contributed by atoms with Crippen molar-refractivity contribution in [1.29, 1.82) is 0 Å². The van der Waals surface area contributed by atoms with Gasteiger partial charge in [-0.15, -0.1) is 0 Å². The summed E-state index contributed by atoms with van der Waals surface area (Å²) in [5.74, 6) is 0.428. The standard InChI is InChI=1S/C23H27N3O3S/c1-5-12-29-19-10-8-17(9-11-19)24-22(28)20-14-21(27)26(4)23(30-20)25-18-7-6-15(2)16(3)13-18/h6-11,13,20H,5,12,14H2,1-4H3,(H,24,28)/t20-/m1/s1. The Bertz CT molecular complexity index is 957. The summed E-state index contributed by atoms with van der Waals surface area (Å²) in [7, 11) is 1.69. The summed E-state index contributed by atoms with van der Waals surface area (Å²) in [5, 5.41) is 2.88. The number of thioether (sulfide) groups is 1. The van der Waals surface area contributed by atoms with E-state index in [9.17, 15) is 9.59 Å². The fraction of sp³-hybridized carbons (Fsp3) is 0.348. The van der Waals surface area contributed by atoms with Crippen LogP contribution in [0.2, 0.25) is 0 Å². The van der Waals surface area contributed by atoms with Crippen molar-refractivity contribution < 1.29 is 14.3 Å². The SMILES string of the molecule is CCCOc1ccc(NC(=O)[C@H]2CC(=O)N(C)C(=Nc3ccc(C)c(C)c3)S2)cc1. The summed E-state index contributed by atoms with van der Waals surface area (Å²) in [5.41, 5.74) is 3.75. The van der Waals surface area contributed by atoms with E-state index in [4.69, 9.17) is 4.74 Å². The van der Waals surface area contributed by atoms with Crippen LogP contribution in [0.1, 0.15) is 30.9 Å². The number of rotatable bonds is 6. The molecule has 2 aromatic rings. The van der Waals surface area contributed by atoms with Gasteiger partial charge in [-0.25, -0.2) is 4.99 Å². The number of benzene rings is 2. The van der Waals surface area contributed by atoms with Crippen molar-refractivity contribution in [1.82, 2.24) is 4.90 Å². The van der Waals surface area contributed by atoms with Crippen LogP contribution in [-0.2, 0) is 9.59 Å². The summed E-state index contributed by atoms with van der Waals surface area (Å²) < 4.78 is 5.56. The predicted molar refractivity (Wildman–Crippen MR) is 123 cm³/mol. The zero-order valence-electron chi connectivity index (χ0n) is 17.8. The Kier molecular flexibility index (Phi) is 7.15. The molecular formula is C23H27N3O3S. The second-order valence-electron chi connectivity index (χ2n) is 7.29. The first-order chi connectivity index (χ1) is 14.4. The van der Waals surface area contributed by atoms with Crippen LogP contribution in [0, 0.1) is 13.8 Å². The zero-order valence-corrected chi connectivity index (χ0v) is 18.6. The Labute approximate surface area is 181 Å². The Morgan fingerprint density at radius 2 is 1.93 bits per heavy atom. The highest BCUT2D eigenvalue weighted by molar-refractivity contribution is 8.15. The van der Waals surface area contributed by atoms with Gasteiger partial charge in [0.2, 0.25) is 11.8 Å². The first-order valence-corrected chi connectivity index (χ1v) is 10.9. The van der Waals surface area contributed by atoms with Gasteiger partial charge in [0.1, 0.15) is 11.0 Å². The molecular weight excluding hydrogens is 398 g/mol. The van der Waals surface area contributed by atoms with Crippen molar-refractivity contribution in [2.45, 2.75) is 38.9 Å². The van der Waals surface area contributed by atoms with E-state index in [1.165, 1.54) is 22.2 Å². The molecule has 6 nitrogen and oxygen atoms in total. The number of nitrogens with zero attached hydrogens (tertiary/aromatic N) is 2. The van der Waals surface area contributed by atoms with Gasteiger partial charge < -0.3 is 10.1 Å². The third kappa shape index (κ3) is 5.42. The minimum atomic E-state index is -0.532. The Balaban J connectivity index is 1.71. The van der Waals surface area contributed by atoms with Gasteiger partial charge in [0.15, 0.2) is 5.17 Å². The molecule has 7 heteroatoms. The van der Waals surface area contributed by atoms with E-state index < -0.39 is 5.25 Å². The van der Waals surface area contributed by atoms with Crippen molar-refractivity contribution in [3.05, 3.63) is 53.6 Å². The average Bonchev–Trinajstić information content (AvgIpc) is 2.73. The van der Waals surface area contributed by atoms with Gasteiger partial charge in [0.25, 0.3) is 0 Å². The molecule has 1 atom stereocenters. The Morgan fingerprint density at radius 1 is 1.20 bits per heavy atom. The second-order valence-corrected chi connectivity index (χ2v) is 8.46. The highest BCUT2D eigenvalue weighted by Crippen LogP contribution is 2.29. The molecule has 1 heterocycles. The van der Waals surface area contributed by atoms with Crippen LogP contribution in [0.3, 0.4) is 0 Å². The number of carbonyl (C=O) groups excluding carboxylic acids is 2. The van der Waals surface area contributed by atoms with E-state index in [2.05, 4.69) is 10.3 Å².